The van der Waals surface area contributed by atoms with E-state index in [2.05, 4.69) is 11.8 Å². The van der Waals surface area contributed by atoms with Crippen LogP contribution in [0.1, 0.15) is 19.8 Å². The number of benzene rings is 1. The summed E-state index contributed by atoms with van der Waals surface area (Å²) in [6, 6.07) is 7.59. The molecule has 0 aliphatic carbocycles. The summed E-state index contributed by atoms with van der Waals surface area (Å²) >= 11 is 0. The smallest absolute Gasteiger partial charge is 0.407 e. The van der Waals surface area contributed by atoms with Crippen molar-refractivity contribution in [1.82, 2.24) is 4.90 Å². The van der Waals surface area contributed by atoms with Crippen molar-refractivity contribution in [2.45, 2.75) is 25.8 Å². The zero-order valence-corrected chi connectivity index (χ0v) is 11.1. The van der Waals surface area contributed by atoms with Crippen molar-refractivity contribution >= 4 is 11.8 Å². The van der Waals surface area contributed by atoms with Gasteiger partial charge < -0.3 is 20.0 Å². The van der Waals surface area contributed by atoms with Crippen molar-refractivity contribution < 1.29 is 15.0 Å². The number of hydrogen-bond acceptors (Lipinski definition) is 3. The third kappa shape index (κ3) is 2.92. The van der Waals surface area contributed by atoms with E-state index in [0.717, 1.165) is 25.1 Å². The molecule has 1 heterocycles. The summed E-state index contributed by atoms with van der Waals surface area (Å²) < 4.78 is 0. The molecule has 1 aliphatic rings. The van der Waals surface area contributed by atoms with E-state index in [4.69, 9.17) is 5.11 Å². The van der Waals surface area contributed by atoms with Crippen LogP contribution in [0.2, 0.25) is 0 Å². The molecule has 1 aliphatic heterocycles. The van der Waals surface area contributed by atoms with Crippen LogP contribution in [0, 0.1) is 0 Å². The first-order valence-corrected chi connectivity index (χ1v) is 6.66. The van der Waals surface area contributed by atoms with Crippen LogP contribution >= 0.6 is 0 Å². The highest BCUT2D eigenvalue weighted by atomic mass is 16.4. The van der Waals surface area contributed by atoms with Crippen molar-refractivity contribution in [3.8, 4) is 5.75 Å². The molecule has 2 N–H and O–H groups in total. The van der Waals surface area contributed by atoms with Gasteiger partial charge in [-0.3, -0.25) is 0 Å². The van der Waals surface area contributed by atoms with E-state index in [0.29, 0.717) is 13.1 Å². The molecule has 2 rings (SSSR count). The minimum Gasteiger partial charge on any atom is -0.506 e. The van der Waals surface area contributed by atoms with Crippen LogP contribution in [0.3, 0.4) is 0 Å². The summed E-state index contributed by atoms with van der Waals surface area (Å²) in [5.74, 6) is 0.282. The Labute approximate surface area is 113 Å². The minimum atomic E-state index is -0.843. The molecule has 1 aromatic carbocycles. The molecule has 0 atom stereocenters. The first kappa shape index (κ1) is 13.5. The minimum absolute atomic E-state index is 0.282. The SMILES string of the molecule is CCN(c1ccccc1O)C1CCN(C(=O)O)CC1. The highest BCUT2D eigenvalue weighted by molar-refractivity contribution is 5.65. The zero-order valence-electron chi connectivity index (χ0n) is 11.1. The number of carbonyl (C=O) groups is 1. The lowest BCUT2D eigenvalue weighted by Crippen LogP contribution is -2.46. The van der Waals surface area contributed by atoms with Crippen molar-refractivity contribution in [3.63, 3.8) is 0 Å². The molecule has 0 saturated carbocycles. The second kappa shape index (κ2) is 5.82. The lowest BCUT2D eigenvalue weighted by molar-refractivity contribution is 0.131. The molecule has 1 saturated heterocycles. The van der Waals surface area contributed by atoms with E-state index in [-0.39, 0.29) is 11.8 Å². The van der Waals surface area contributed by atoms with Crippen molar-refractivity contribution in [1.29, 1.82) is 0 Å². The van der Waals surface area contributed by atoms with Gasteiger partial charge in [0.05, 0.1) is 5.69 Å². The van der Waals surface area contributed by atoms with Gasteiger partial charge in [0.2, 0.25) is 0 Å². The standard InChI is InChI=1S/C14H20N2O3/c1-2-16(12-5-3-4-6-13(12)17)11-7-9-15(10-8-11)14(18)19/h3-6,11,17H,2,7-10H2,1H3,(H,18,19). The van der Waals surface area contributed by atoms with E-state index in [9.17, 15) is 9.90 Å². The highest BCUT2D eigenvalue weighted by Gasteiger charge is 2.27. The number of piperidine rings is 1. The molecule has 19 heavy (non-hydrogen) atoms. The largest absolute Gasteiger partial charge is 0.506 e. The fourth-order valence-electron chi connectivity index (χ4n) is 2.70. The van der Waals surface area contributed by atoms with Gasteiger partial charge >= 0.3 is 6.09 Å². The van der Waals surface area contributed by atoms with Crippen molar-refractivity contribution in [2.24, 2.45) is 0 Å². The summed E-state index contributed by atoms with van der Waals surface area (Å²) in [4.78, 5) is 14.5. The summed E-state index contributed by atoms with van der Waals surface area (Å²) in [6.45, 7) is 3.97. The third-order valence-corrected chi connectivity index (χ3v) is 3.71. The first-order chi connectivity index (χ1) is 9.13. The Hall–Kier alpha value is -1.91. The maximum Gasteiger partial charge on any atom is 0.407 e. The number of para-hydroxylation sites is 2. The van der Waals surface area contributed by atoms with E-state index in [1.165, 1.54) is 4.90 Å². The Morgan fingerprint density at radius 1 is 1.37 bits per heavy atom. The average molecular weight is 264 g/mol. The molecule has 0 aromatic heterocycles. The molecule has 0 bridgehead atoms. The fourth-order valence-corrected chi connectivity index (χ4v) is 2.70. The molecular formula is C14H20N2O3. The van der Waals surface area contributed by atoms with Crippen LogP contribution in [0.15, 0.2) is 24.3 Å². The molecule has 104 valence electrons. The number of hydrogen-bond donors (Lipinski definition) is 2. The van der Waals surface area contributed by atoms with Gasteiger partial charge in [-0.15, -0.1) is 0 Å². The number of carboxylic acid groups (broad SMARTS) is 1. The quantitative estimate of drug-likeness (QED) is 0.879. The summed E-state index contributed by atoms with van der Waals surface area (Å²) in [5, 5.41) is 18.9. The van der Waals surface area contributed by atoms with Gasteiger partial charge in [-0.05, 0) is 31.9 Å². The lowest BCUT2D eigenvalue weighted by Gasteiger charge is -2.38. The van der Waals surface area contributed by atoms with Crippen LogP contribution in [0.25, 0.3) is 0 Å². The number of phenols is 1. The first-order valence-electron chi connectivity index (χ1n) is 6.66. The Morgan fingerprint density at radius 2 is 2.00 bits per heavy atom. The van der Waals surface area contributed by atoms with Gasteiger partial charge in [0, 0.05) is 25.7 Å². The van der Waals surface area contributed by atoms with Gasteiger partial charge in [0.25, 0.3) is 0 Å². The lowest BCUT2D eigenvalue weighted by atomic mass is 10.0. The highest BCUT2D eigenvalue weighted by Crippen LogP contribution is 2.30. The predicted molar refractivity (Wildman–Crippen MR) is 73.7 cm³/mol. The molecule has 5 heteroatoms. The second-order valence-corrected chi connectivity index (χ2v) is 4.78. The maximum absolute atomic E-state index is 10.9. The number of rotatable bonds is 3. The monoisotopic (exact) mass is 264 g/mol. The van der Waals surface area contributed by atoms with Gasteiger partial charge in [0.15, 0.2) is 0 Å². The number of anilines is 1. The summed E-state index contributed by atoms with van der Waals surface area (Å²) in [5.41, 5.74) is 0.832. The topological polar surface area (TPSA) is 64.0 Å². The van der Waals surface area contributed by atoms with Crippen LogP contribution in [0.4, 0.5) is 10.5 Å². The van der Waals surface area contributed by atoms with Gasteiger partial charge in [-0.1, -0.05) is 12.1 Å². The van der Waals surface area contributed by atoms with Crippen LogP contribution in [-0.4, -0.2) is 46.9 Å². The van der Waals surface area contributed by atoms with Gasteiger partial charge in [0.1, 0.15) is 5.75 Å². The number of amides is 1. The molecule has 1 amide bonds. The molecule has 0 radical (unpaired) electrons. The van der Waals surface area contributed by atoms with Gasteiger partial charge in [-0.2, -0.15) is 0 Å². The normalized spacial score (nSPS) is 16.4. The Balaban J connectivity index is 2.08. The van der Waals surface area contributed by atoms with Crippen molar-refractivity contribution in [3.05, 3.63) is 24.3 Å². The Kier molecular flexibility index (Phi) is 4.14. The molecule has 1 fully saturated rings. The zero-order chi connectivity index (χ0) is 13.8. The summed E-state index contributed by atoms with van der Waals surface area (Å²) in [7, 11) is 0. The number of likely N-dealkylation sites (tertiary alicyclic amines) is 1. The molecular weight excluding hydrogens is 244 g/mol. The predicted octanol–water partition coefficient (Wildman–Crippen LogP) is 2.36. The Bertz CT molecular complexity index is 442. The van der Waals surface area contributed by atoms with Gasteiger partial charge in [-0.25, -0.2) is 4.79 Å². The van der Waals surface area contributed by atoms with Crippen molar-refractivity contribution in [2.75, 3.05) is 24.5 Å². The van der Waals surface area contributed by atoms with Crippen LogP contribution in [0.5, 0.6) is 5.75 Å². The fraction of sp³-hybridized carbons (Fsp3) is 0.500. The van der Waals surface area contributed by atoms with E-state index >= 15 is 0 Å². The van der Waals surface area contributed by atoms with E-state index < -0.39 is 6.09 Å². The van der Waals surface area contributed by atoms with E-state index in [1.54, 1.807) is 12.1 Å². The average Bonchev–Trinajstić information content (AvgIpc) is 2.42. The summed E-state index contributed by atoms with van der Waals surface area (Å²) in [6.07, 6.45) is 0.757. The van der Waals surface area contributed by atoms with Crippen LogP contribution in [-0.2, 0) is 0 Å². The third-order valence-electron chi connectivity index (χ3n) is 3.71. The molecule has 1 aromatic rings. The second-order valence-electron chi connectivity index (χ2n) is 4.78. The molecule has 5 nitrogen and oxygen atoms in total. The molecule has 0 spiro atoms. The Morgan fingerprint density at radius 3 is 2.53 bits per heavy atom. The maximum atomic E-state index is 10.9. The van der Waals surface area contributed by atoms with Crippen LogP contribution < -0.4 is 4.90 Å². The van der Waals surface area contributed by atoms with E-state index in [1.807, 2.05) is 12.1 Å². The number of phenolic OH excluding ortho intramolecular Hbond substituents is 1. The number of aromatic hydroxyl groups is 1. The molecule has 0 unspecified atom stereocenters. The number of nitrogens with zero attached hydrogens (tertiary/aromatic N) is 2.